The van der Waals surface area contributed by atoms with Crippen LogP contribution in [-0.4, -0.2) is 26.5 Å². The van der Waals surface area contributed by atoms with Gasteiger partial charge in [0.05, 0.1) is 4.34 Å². The zero-order valence-corrected chi connectivity index (χ0v) is 13.2. The molecule has 2 atom stereocenters. The van der Waals surface area contributed by atoms with Gasteiger partial charge in [-0.3, -0.25) is 0 Å². The van der Waals surface area contributed by atoms with Gasteiger partial charge in [0.15, 0.2) is 0 Å². The first-order valence-corrected chi connectivity index (χ1v) is 9.23. The molecule has 2 aliphatic heterocycles. The molecule has 2 aliphatic rings. The third-order valence-corrected chi connectivity index (χ3v) is 6.98. The molecule has 2 fully saturated rings. The fourth-order valence-electron chi connectivity index (χ4n) is 2.94. The first-order valence-electron chi connectivity index (χ1n) is 6.17. The number of sulfonamides is 1. The number of hydrogen-bond acceptors (Lipinski definition) is 4. The molecule has 4 nitrogen and oxygen atoms in total. The van der Waals surface area contributed by atoms with Gasteiger partial charge in [-0.2, -0.15) is 0 Å². The molecule has 0 aromatic carbocycles. The average Bonchev–Trinajstić information content (AvgIpc) is 2.81. The van der Waals surface area contributed by atoms with Gasteiger partial charge in [-0.15, -0.1) is 11.3 Å². The van der Waals surface area contributed by atoms with Gasteiger partial charge in [-0.1, -0.05) is 23.2 Å². The fraction of sp³-hybridized carbons (Fsp3) is 0.636. The highest BCUT2D eigenvalue weighted by Gasteiger charge is 2.35. The van der Waals surface area contributed by atoms with Crippen LogP contribution < -0.4 is 10.0 Å². The van der Waals surface area contributed by atoms with Crippen molar-refractivity contribution in [3.8, 4) is 0 Å². The minimum Gasteiger partial charge on any atom is -0.311 e. The second-order valence-corrected chi connectivity index (χ2v) is 9.08. The Morgan fingerprint density at radius 2 is 1.89 bits per heavy atom. The molecular formula is C11H14Cl2N2O2S2. The number of piperidine rings is 1. The van der Waals surface area contributed by atoms with Crippen molar-refractivity contribution in [2.24, 2.45) is 0 Å². The summed E-state index contributed by atoms with van der Waals surface area (Å²) in [4.78, 5) is 0.0926. The maximum Gasteiger partial charge on any atom is 0.243 e. The summed E-state index contributed by atoms with van der Waals surface area (Å²) in [7, 11) is -3.57. The van der Waals surface area contributed by atoms with Crippen LogP contribution >= 0.6 is 34.5 Å². The van der Waals surface area contributed by atoms with Crippen LogP contribution in [0.3, 0.4) is 0 Å². The molecule has 0 spiro atoms. The quantitative estimate of drug-likeness (QED) is 0.889. The van der Waals surface area contributed by atoms with Crippen molar-refractivity contribution >= 4 is 44.6 Å². The monoisotopic (exact) mass is 340 g/mol. The predicted octanol–water partition coefficient (Wildman–Crippen LogP) is 2.62. The molecule has 8 heteroatoms. The zero-order valence-electron chi connectivity index (χ0n) is 10.0. The van der Waals surface area contributed by atoms with Gasteiger partial charge in [0.25, 0.3) is 0 Å². The molecule has 0 amide bonds. The Bertz CT molecular complexity index is 576. The smallest absolute Gasteiger partial charge is 0.243 e. The molecule has 2 saturated heterocycles. The van der Waals surface area contributed by atoms with Gasteiger partial charge in [-0.05, 0) is 31.7 Å². The van der Waals surface area contributed by atoms with Crippen LogP contribution in [0, 0.1) is 0 Å². The van der Waals surface area contributed by atoms with Gasteiger partial charge >= 0.3 is 0 Å². The van der Waals surface area contributed by atoms with E-state index in [-0.39, 0.29) is 15.3 Å². The Balaban J connectivity index is 1.77. The normalized spacial score (nSPS) is 30.7. The van der Waals surface area contributed by atoms with Crippen LogP contribution in [0.4, 0.5) is 0 Å². The van der Waals surface area contributed by atoms with E-state index in [0.717, 1.165) is 37.0 Å². The number of hydrogen-bond donors (Lipinski definition) is 2. The van der Waals surface area contributed by atoms with Gasteiger partial charge < -0.3 is 5.32 Å². The lowest BCUT2D eigenvalue weighted by atomic mass is 10.0. The lowest BCUT2D eigenvalue weighted by Gasteiger charge is -2.29. The molecule has 2 bridgehead atoms. The molecule has 2 unspecified atom stereocenters. The van der Waals surface area contributed by atoms with E-state index in [1.807, 2.05) is 0 Å². The van der Waals surface area contributed by atoms with Crippen molar-refractivity contribution in [1.82, 2.24) is 10.0 Å². The van der Waals surface area contributed by atoms with Crippen molar-refractivity contribution in [1.29, 1.82) is 0 Å². The first-order chi connectivity index (χ1) is 8.94. The number of fused-ring (bicyclic) bond motifs is 2. The average molecular weight is 341 g/mol. The van der Waals surface area contributed by atoms with E-state index in [2.05, 4.69) is 10.0 Å². The van der Waals surface area contributed by atoms with Gasteiger partial charge in [0.2, 0.25) is 10.0 Å². The Morgan fingerprint density at radius 3 is 2.42 bits per heavy atom. The summed E-state index contributed by atoms with van der Waals surface area (Å²) < 4.78 is 28.0. The van der Waals surface area contributed by atoms with Crippen molar-refractivity contribution in [3.05, 3.63) is 14.7 Å². The number of halogens is 2. The fourth-order valence-corrected chi connectivity index (χ4v) is 6.36. The molecule has 2 N–H and O–H groups in total. The summed E-state index contributed by atoms with van der Waals surface area (Å²) in [6.07, 6.45) is 3.94. The minimum atomic E-state index is -3.57. The highest BCUT2D eigenvalue weighted by molar-refractivity contribution is 7.89. The molecule has 0 radical (unpaired) electrons. The molecular weight excluding hydrogens is 327 g/mol. The van der Waals surface area contributed by atoms with Gasteiger partial charge in [0, 0.05) is 18.1 Å². The van der Waals surface area contributed by atoms with Crippen molar-refractivity contribution < 1.29 is 8.42 Å². The van der Waals surface area contributed by atoms with E-state index in [1.165, 1.54) is 6.07 Å². The van der Waals surface area contributed by atoms with Crippen LogP contribution in [0.2, 0.25) is 8.67 Å². The lowest BCUT2D eigenvalue weighted by Crippen LogP contribution is -2.47. The van der Waals surface area contributed by atoms with Crippen LogP contribution in [0.5, 0.6) is 0 Å². The lowest BCUT2D eigenvalue weighted by molar-refractivity contribution is 0.345. The van der Waals surface area contributed by atoms with Crippen LogP contribution in [0.15, 0.2) is 11.0 Å². The maximum absolute atomic E-state index is 12.3. The number of thiophene rings is 1. The highest BCUT2D eigenvalue weighted by Crippen LogP contribution is 2.35. The summed E-state index contributed by atoms with van der Waals surface area (Å²) in [6, 6.07) is 2.27. The molecule has 1 aromatic rings. The SMILES string of the molecule is O=S(=O)(NC1CC2CCC(C1)N2)c1cc(Cl)sc1Cl. The molecule has 1 aromatic heterocycles. The second-order valence-electron chi connectivity index (χ2n) is 5.12. The highest BCUT2D eigenvalue weighted by atomic mass is 35.5. The second kappa shape index (κ2) is 5.16. The minimum absolute atomic E-state index is 0.0153. The van der Waals surface area contributed by atoms with Crippen LogP contribution in [-0.2, 0) is 10.0 Å². The van der Waals surface area contributed by atoms with E-state index in [1.54, 1.807) is 0 Å². The van der Waals surface area contributed by atoms with Crippen LogP contribution in [0.1, 0.15) is 25.7 Å². The molecule has 3 rings (SSSR count). The zero-order chi connectivity index (χ0) is 13.6. The Hall–Kier alpha value is 0.150. The predicted molar refractivity (Wildman–Crippen MR) is 77.6 cm³/mol. The molecule has 0 saturated carbocycles. The number of rotatable bonds is 3. The van der Waals surface area contributed by atoms with Crippen molar-refractivity contribution in [3.63, 3.8) is 0 Å². The summed E-state index contributed by atoms with van der Waals surface area (Å²) in [5, 5.41) is 3.48. The number of nitrogens with one attached hydrogen (secondary N) is 2. The topological polar surface area (TPSA) is 58.2 Å². The van der Waals surface area contributed by atoms with Crippen molar-refractivity contribution in [2.75, 3.05) is 0 Å². The third kappa shape index (κ3) is 2.94. The summed E-state index contributed by atoms with van der Waals surface area (Å²) >= 11 is 12.8. The van der Waals surface area contributed by atoms with Crippen LogP contribution in [0.25, 0.3) is 0 Å². The largest absolute Gasteiger partial charge is 0.311 e. The molecule has 3 heterocycles. The molecule has 106 valence electrons. The molecule has 19 heavy (non-hydrogen) atoms. The van der Waals surface area contributed by atoms with Crippen molar-refractivity contribution in [2.45, 2.75) is 48.7 Å². The Kier molecular flexibility index (Phi) is 3.83. The summed E-state index contributed by atoms with van der Waals surface area (Å²) in [5.41, 5.74) is 0. The van der Waals surface area contributed by atoms with E-state index in [4.69, 9.17) is 23.2 Å². The van der Waals surface area contributed by atoms with Gasteiger partial charge in [-0.25, -0.2) is 13.1 Å². The summed E-state index contributed by atoms with van der Waals surface area (Å²) in [6.45, 7) is 0. The first kappa shape index (κ1) is 14.1. The Labute approximate surface area is 126 Å². The summed E-state index contributed by atoms with van der Waals surface area (Å²) in [5.74, 6) is 0. The molecule has 0 aliphatic carbocycles. The van der Waals surface area contributed by atoms with E-state index in [9.17, 15) is 8.42 Å². The maximum atomic E-state index is 12.3. The van der Waals surface area contributed by atoms with E-state index < -0.39 is 10.0 Å². The van der Waals surface area contributed by atoms with E-state index in [0.29, 0.717) is 16.4 Å². The third-order valence-electron chi connectivity index (χ3n) is 3.71. The van der Waals surface area contributed by atoms with Gasteiger partial charge in [0.1, 0.15) is 9.23 Å². The Morgan fingerprint density at radius 1 is 1.26 bits per heavy atom. The standard InChI is InChI=1S/C11H14Cl2N2O2S2/c12-10-5-9(11(13)18-10)19(16,17)15-8-3-6-1-2-7(4-8)14-6/h5-8,14-15H,1-4H2. The van der Waals surface area contributed by atoms with E-state index >= 15 is 0 Å².